The molecule has 0 aliphatic heterocycles. The molecule has 0 fully saturated rings. The summed E-state index contributed by atoms with van der Waals surface area (Å²) in [6.45, 7) is 1.66. The van der Waals surface area contributed by atoms with E-state index in [0.29, 0.717) is 12.0 Å². The van der Waals surface area contributed by atoms with Crippen LogP contribution >= 0.6 is 11.6 Å². The maximum atomic E-state index is 13.8. The van der Waals surface area contributed by atoms with Crippen molar-refractivity contribution in [2.24, 2.45) is 0 Å². The largest absolute Gasteiger partial charge is 0.481 e. The number of nitrogens with one attached hydrogen (secondary N) is 1. The van der Waals surface area contributed by atoms with Crippen LogP contribution in [-0.4, -0.2) is 23.5 Å². The van der Waals surface area contributed by atoms with E-state index in [1.165, 1.54) is 18.2 Å². The molecule has 0 saturated heterocycles. The number of rotatable bonds is 7. The molecule has 0 radical (unpaired) electrons. The quantitative estimate of drug-likeness (QED) is 0.790. The summed E-state index contributed by atoms with van der Waals surface area (Å²) in [6, 6.07) is 12.9. The van der Waals surface area contributed by atoms with Crippen molar-refractivity contribution in [2.45, 2.75) is 25.2 Å². The van der Waals surface area contributed by atoms with Crippen LogP contribution in [0.4, 0.5) is 4.39 Å². The zero-order chi connectivity index (χ0) is 18.4. The first-order chi connectivity index (χ1) is 11.9. The molecule has 1 unspecified atom stereocenters. The average Bonchev–Trinajstić information content (AvgIpc) is 2.60. The topological polar surface area (TPSA) is 66.4 Å². The van der Waals surface area contributed by atoms with Crippen LogP contribution in [0.25, 0.3) is 0 Å². The lowest BCUT2D eigenvalue weighted by Gasteiger charge is -2.29. The molecule has 2 aromatic carbocycles. The predicted octanol–water partition coefficient (Wildman–Crippen LogP) is 3.57. The number of carbonyl (C=O) groups excluding carboxylic acids is 1. The highest BCUT2D eigenvalue weighted by Crippen LogP contribution is 2.28. The van der Waals surface area contributed by atoms with Gasteiger partial charge in [0.15, 0.2) is 0 Å². The first-order valence-corrected chi connectivity index (χ1v) is 8.27. The van der Waals surface area contributed by atoms with Crippen LogP contribution in [0.3, 0.4) is 0 Å². The van der Waals surface area contributed by atoms with Gasteiger partial charge in [0.2, 0.25) is 5.91 Å². The molecule has 0 spiro atoms. The Balaban J connectivity index is 2.16. The van der Waals surface area contributed by atoms with E-state index in [0.717, 1.165) is 0 Å². The Hall–Kier alpha value is -2.40. The second-order valence-electron chi connectivity index (χ2n) is 5.76. The molecule has 0 aromatic heterocycles. The first kappa shape index (κ1) is 18.9. The van der Waals surface area contributed by atoms with Gasteiger partial charge in [0, 0.05) is 17.1 Å². The average molecular weight is 364 g/mol. The molecule has 2 aromatic rings. The Morgan fingerprint density at radius 1 is 1.16 bits per heavy atom. The number of hydrogen-bond acceptors (Lipinski definition) is 2. The van der Waals surface area contributed by atoms with Gasteiger partial charge in [0.25, 0.3) is 0 Å². The summed E-state index contributed by atoms with van der Waals surface area (Å²) < 4.78 is 13.8. The Labute approximate surface area is 150 Å². The maximum Gasteiger partial charge on any atom is 0.315 e. The minimum atomic E-state index is -1.24. The molecule has 6 heteroatoms. The number of carboxylic acids is 1. The molecule has 0 aliphatic rings. The van der Waals surface area contributed by atoms with E-state index in [2.05, 4.69) is 5.32 Å². The first-order valence-electron chi connectivity index (χ1n) is 7.89. The number of carboxylic acid groups (broad SMARTS) is 1. The van der Waals surface area contributed by atoms with Gasteiger partial charge in [-0.15, -0.1) is 0 Å². The Morgan fingerprint density at radius 2 is 1.84 bits per heavy atom. The lowest BCUT2D eigenvalue weighted by Crippen LogP contribution is -2.46. The van der Waals surface area contributed by atoms with E-state index >= 15 is 0 Å². The van der Waals surface area contributed by atoms with Gasteiger partial charge in [-0.05, 0) is 24.1 Å². The van der Waals surface area contributed by atoms with Gasteiger partial charge >= 0.3 is 5.97 Å². The molecule has 2 N–H and O–H groups in total. The summed E-state index contributed by atoms with van der Waals surface area (Å²) >= 11 is 5.92. The number of amides is 1. The zero-order valence-corrected chi connectivity index (χ0v) is 14.5. The molecule has 1 atom stereocenters. The van der Waals surface area contributed by atoms with Gasteiger partial charge in [-0.1, -0.05) is 54.9 Å². The van der Waals surface area contributed by atoms with Crippen molar-refractivity contribution in [2.75, 3.05) is 6.54 Å². The zero-order valence-electron chi connectivity index (χ0n) is 13.8. The lowest BCUT2D eigenvalue weighted by molar-refractivity contribution is -0.144. The molecule has 0 heterocycles. The van der Waals surface area contributed by atoms with Gasteiger partial charge < -0.3 is 10.4 Å². The fourth-order valence-corrected chi connectivity index (χ4v) is 2.94. The third-order valence-corrected chi connectivity index (χ3v) is 4.68. The summed E-state index contributed by atoms with van der Waals surface area (Å²) in [5.41, 5.74) is -0.538. The summed E-state index contributed by atoms with van der Waals surface area (Å²) in [5.74, 6) is -2.07. The standard InChI is InChI=1S/C19H19ClFNO3/c1-2-19(18(24)25,13-7-4-3-5-8-13)12-22-17(23)11-14-15(20)9-6-10-16(14)21/h3-10H,2,11-12H2,1H3,(H,22,23)(H,24,25). The Kier molecular flexibility index (Phi) is 6.15. The van der Waals surface area contributed by atoms with Crippen LogP contribution in [0.1, 0.15) is 24.5 Å². The van der Waals surface area contributed by atoms with E-state index in [9.17, 15) is 19.1 Å². The highest BCUT2D eigenvalue weighted by molar-refractivity contribution is 6.31. The number of hydrogen-bond donors (Lipinski definition) is 2. The van der Waals surface area contributed by atoms with E-state index in [1.54, 1.807) is 37.3 Å². The molecular formula is C19H19ClFNO3. The lowest BCUT2D eigenvalue weighted by atomic mass is 9.78. The third-order valence-electron chi connectivity index (χ3n) is 4.33. The third kappa shape index (κ3) is 4.17. The van der Waals surface area contributed by atoms with Crippen molar-refractivity contribution < 1.29 is 19.1 Å². The van der Waals surface area contributed by atoms with Crippen molar-refractivity contribution >= 4 is 23.5 Å². The molecule has 0 bridgehead atoms. The molecule has 0 aliphatic carbocycles. The molecule has 132 valence electrons. The normalized spacial score (nSPS) is 13.1. The van der Waals surface area contributed by atoms with Gasteiger partial charge in [-0.3, -0.25) is 9.59 Å². The van der Waals surface area contributed by atoms with Crippen LogP contribution in [0.2, 0.25) is 5.02 Å². The summed E-state index contributed by atoms with van der Waals surface area (Å²) in [4.78, 5) is 24.1. The number of aliphatic carboxylic acids is 1. The number of halogens is 2. The Morgan fingerprint density at radius 3 is 2.40 bits per heavy atom. The summed E-state index contributed by atoms with van der Waals surface area (Å²) in [7, 11) is 0. The van der Waals surface area contributed by atoms with Crippen molar-refractivity contribution in [1.82, 2.24) is 5.32 Å². The van der Waals surface area contributed by atoms with Crippen LogP contribution in [0, 0.1) is 5.82 Å². The molecule has 25 heavy (non-hydrogen) atoms. The van der Waals surface area contributed by atoms with Crippen LogP contribution in [0.15, 0.2) is 48.5 Å². The van der Waals surface area contributed by atoms with Crippen molar-refractivity contribution in [3.05, 3.63) is 70.5 Å². The van der Waals surface area contributed by atoms with E-state index in [1.807, 2.05) is 0 Å². The van der Waals surface area contributed by atoms with Gasteiger partial charge in [0.05, 0.1) is 6.42 Å². The highest BCUT2D eigenvalue weighted by Gasteiger charge is 2.39. The second-order valence-corrected chi connectivity index (χ2v) is 6.17. The fourth-order valence-electron chi connectivity index (χ4n) is 2.71. The monoisotopic (exact) mass is 363 g/mol. The van der Waals surface area contributed by atoms with Crippen LogP contribution in [0.5, 0.6) is 0 Å². The van der Waals surface area contributed by atoms with Gasteiger partial charge in [0.1, 0.15) is 11.2 Å². The molecule has 1 amide bonds. The smallest absolute Gasteiger partial charge is 0.315 e. The molecular weight excluding hydrogens is 345 g/mol. The minimum absolute atomic E-state index is 0.0895. The van der Waals surface area contributed by atoms with E-state index < -0.39 is 23.1 Å². The van der Waals surface area contributed by atoms with Crippen LogP contribution < -0.4 is 5.32 Å². The van der Waals surface area contributed by atoms with Gasteiger partial charge in [-0.2, -0.15) is 0 Å². The summed E-state index contributed by atoms with van der Waals surface area (Å²) in [5, 5.41) is 12.5. The highest BCUT2D eigenvalue weighted by atomic mass is 35.5. The Bertz CT molecular complexity index is 746. The van der Waals surface area contributed by atoms with E-state index in [-0.39, 0.29) is 23.6 Å². The molecule has 0 saturated carbocycles. The predicted molar refractivity (Wildman–Crippen MR) is 94.2 cm³/mol. The molecule has 2 rings (SSSR count). The molecule has 4 nitrogen and oxygen atoms in total. The fraction of sp³-hybridized carbons (Fsp3) is 0.263. The van der Waals surface area contributed by atoms with Crippen LogP contribution in [-0.2, 0) is 21.4 Å². The van der Waals surface area contributed by atoms with Crippen molar-refractivity contribution in [1.29, 1.82) is 0 Å². The summed E-state index contributed by atoms with van der Waals surface area (Å²) in [6.07, 6.45) is 0.0484. The van der Waals surface area contributed by atoms with Crippen molar-refractivity contribution in [3.8, 4) is 0 Å². The SMILES string of the molecule is CCC(CNC(=O)Cc1c(F)cccc1Cl)(C(=O)O)c1ccccc1. The number of benzene rings is 2. The van der Waals surface area contributed by atoms with Gasteiger partial charge in [-0.25, -0.2) is 4.39 Å². The maximum absolute atomic E-state index is 13.8. The minimum Gasteiger partial charge on any atom is -0.481 e. The second kappa shape index (κ2) is 8.12. The number of carbonyl (C=O) groups is 2. The van der Waals surface area contributed by atoms with Crippen molar-refractivity contribution in [3.63, 3.8) is 0 Å². The van der Waals surface area contributed by atoms with E-state index in [4.69, 9.17) is 11.6 Å².